The van der Waals surface area contributed by atoms with E-state index in [1.54, 1.807) is 0 Å². The van der Waals surface area contributed by atoms with Gasteiger partial charge >= 0.3 is 0 Å². The van der Waals surface area contributed by atoms with Crippen LogP contribution in [-0.4, -0.2) is 6.54 Å². The van der Waals surface area contributed by atoms with Crippen LogP contribution >= 0.6 is 0 Å². The highest BCUT2D eigenvalue weighted by atomic mass is 14.8. The summed E-state index contributed by atoms with van der Waals surface area (Å²) in [6, 6.07) is 2.33. The summed E-state index contributed by atoms with van der Waals surface area (Å²) in [5.41, 5.74) is 0.857. The molecule has 1 saturated carbocycles. The van der Waals surface area contributed by atoms with E-state index in [0.29, 0.717) is 0 Å². The van der Waals surface area contributed by atoms with Gasteiger partial charge in [-0.3, -0.25) is 0 Å². The zero-order valence-corrected chi connectivity index (χ0v) is 6.22. The Morgan fingerprint density at radius 3 is 2.91 bits per heavy atom. The predicted molar refractivity (Wildman–Crippen MR) is 41.2 cm³/mol. The normalized spacial score (nSPS) is 24.8. The molecule has 0 aromatic heterocycles. The van der Waals surface area contributed by atoms with Crippen molar-refractivity contribution in [2.24, 2.45) is 5.41 Å². The maximum Gasteiger partial charge on any atom is 0.0844 e. The summed E-state index contributed by atoms with van der Waals surface area (Å²) >= 11 is 0. The number of rotatable bonds is 1. The molecule has 0 unspecified atom stereocenters. The van der Waals surface area contributed by atoms with Crippen molar-refractivity contribution in [1.29, 1.82) is 5.26 Å². The Morgan fingerprint density at radius 1 is 1.64 bits per heavy atom. The van der Waals surface area contributed by atoms with Gasteiger partial charge in [0.1, 0.15) is 0 Å². The first kappa shape index (κ1) is 6.48. The van der Waals surface area contributed by atoms with Crippen molar-refractivity contribution in [2.45, 2.75) is 12.8 Å². The van der Waals surface area contributed by atoms with E-state index in [4.69, 9.17) is 5.26 Å². The average molecular weight is 145 g/mol. The van der Waals surface area contributed by atoms with Crippen molar-refractivity contribution in [3.63, 3.8) is 0 Å². The van der Waals surface area contributed by atoms with Gasteiger partial charge in [-0.2, -0.15) is 5.26 Å². The molecule has 1 heterocycles. The second-order valence-electron chi connectivity index (χ2n) is 3.02. The fourth-order valence-electron chi connectivity index (χ4n) is 1.27. The third kappa shape index (κ3) is 0.932. The summed E-state index contributed by atoms with van der Waals surface area (Å²) < 4.78 is 0. The van der Waals surface area contributed by atoms with Crippen LogP contribution in [0.15, 0.2) is 17.7 Å². The Morgan fingerprint density at radius 2 is 2.45 bits per heavy atom. The maximum absolute atomic E-state index is 8.84. The van der Waals surface area contributed by atoms with E-state index in [9.17, 15) is 0 Å². The number of allylic oxidation sites excluding steroid dienone is 2. The second kappa shape index (κ2) is 2.13. The van der Waals surface area contributed by atoms with E-state index in [1.807, 2.05) is 12.2 Å². The molecule has 0 atom stereocenters. The molecule has 1 fully saturated rings. The van der Waals surface area contributed by atoms with E-state index in [1.165, 1.54) is 0 Å². The van der Waals surface area contributed by atoms with Gasteiger partial charge in [0.25, 0.3) is 0 Å². The van der Waals surface area contributed by atoms with Crippen LogP contribution in [-0.2, 0) is 0 Å². The number of hydrogen-bond acceptors (Lipinski definition) is 2. The van der Waals surface area contributed by atoms with Gasteiger partial charge in [0, 0.05) is 6.54 Å². The van der Waals surface area contributed by atoms with Gasteiger partial charge in [0.2, 0.25) is 0 Å². The third-order valence-corrected chi connectivity index (χ3v) is 2.21. The first-order valence-corrected chi connectivity index (χ1v) is 3.81. The lowest BCUT2D eigenvalue weighted by atomic mass is 9.97. The molecule has 0 amide bonds. The lowest BCUT2D eigenvalue weighted by Crippen LogP contribution is -2.14. The van der Waals surface area contributed by atoms with E-state index in [-0.39, 0.29) is 5.41 Å². The van der Waals surface area contributed by atoms with Crippen LogP contribution in [0, 0.1) is 22.9 Å². The Bertz CT molecular complexity index is 264. The summed E-state index contributed by atoms with van der Waals surface area (Å²) in [5.74, 6) is 0. The molecule has 1 N–H and O–H groups in total. The van der Waals surface area contributed by atoms with Crippen molar-refractivity contribution in [3.8, 4) is 6.07 Å². The fourth-order valence-corrected chi connectivity index (χ4v) is 1.27. The number of hydrogen-bond donors (Lipinski definition) is 1. The number of nitriles is 1. The molecular weight excluding hydrogens is 136 g/mol. The predicted octanol–water partition coefficient (Wildman–Crippen LogP) is 1.14. The van der Waals surface area contributed by atoms with Crippen LogP contribution in [0.1, 0.15) is 12.8 Å². The van der Waals surface area contributed by atoms with Crippen LogP contribution in [0.25, 0.3) is 0 Å². The van der Waals surface area contributed by atoms with Gasteiger partial charge in [-0.15, -0.1) is 0 Å². The molecule has 1 aliphatic carbocycles. The molecule has 0 saturated heterocycles. The highest BCUT2D eigenvalue weighted by molar-refractivity contribution is 5.38. The van der Waals surface area contributed by atoms with Crippen LogP contribution in [0.5, 0.6) is 0 Å². The molecule has 2 rings (SSSR count). The molecule has 0 aromatic rings. The summed E-state index contributed by atoms with van der Waals surface area (Å²) in [4.78, 5) is 0. The molecule has 1 radical (unpaired) electrons. The molecule has 1 aliphatic heterocycles. The zero-order chi connectivity index (χ0) is 7.73. The lowest BCUT2D eigenvalue weighted by Gasteiger charge is -2.10. The largest absolute Gasteiger partial charge is 0.380 e. The smallest absolute Gasteiger partial charge is 0.0844 e. The van der Waals surface area contributed by atoms with Gasteiger partial charge in [-0.1, -0.05) is 12.2 Å². The van der Waals surface area contributed by atoms with Crippen LogP contribution in [0.2, 0.25) is 0 Å². The van der Waals surface area contributed by atoms with Crippen molar-refractivity contribution in [2.75, 3.05) is 6.54 Å². The minimum Gasteiger partial charge on any atom is -0.380 e. The first-order valence-electron chi connectivity index (χ1n) is 3.81. The van der Waals surface area contributed by atoms with Gasteiger partial charge in [-0.25, -0.2) is 0 Å². The molecule has 11 heavy (non-hydrogen) atoms. The minimum absolute atomic E-state index is 0.177. The van der Waals surface area contributed by atoms with E-state index >= 15 is 0 Å². The number of nitrogens with zero attached hydrogens (tertiary/aromatic N) is 1. The van der Waals surface area contributed by atoms with E-state index < -0.39 is 0 Å². The lowest BCUT2D eigenvalue weighted by molar-refractivity contribution is 0.779. The third-order valence-electron chi connectivity index (χ3n) is 2.21. The van der Waals surface area contributed by atoms with Crippen molar-refractivity contribution in [3.05, 3.63) is 23.9 Å². The molecule has 2 aliphatic rings. The van der Waals surface area contributed by atoms with Gasteiger partial charge in [0.15, 0.2) is 0 Å². The Balaban J connectivity index is 2.23. The molecule has 0 spiro atoms. The zero-order valence-electron chi connectivity index (χ0n) is 6.22. The fraction of sp³-hybridized carbons (Fsp3) is 0.444. The monoisotopic (exact) mass is 145 g/mol. The van der Waals surface area contributed by atoms with Crippen LogP contribution < -0.4 is 5.32 Å². The highest BCUT2D eigenvalue weighted by Crippen LogP contribution is 2.51. The topological polar surface area (TPSA) is 35.8 Å². The summed E-state index contributed by atoms with van der Waals surface area (Å²) in [7, 11) is 0. The Labute approximate surface area is 66.2 Å². The van der Waals surface area contributed by atoms with Gasteiger partial charge in [-0.05, 0) is 18.4 Å². The van der Waals surface area contributed by atoms with Crippen LogP contribution in [0.4, 0.5) is 0 Å². The van der Waals surface area contributed by atoms with E-state index in [0.717, 1.165) is 25.0 Å². The summed E-state index contributed by atoms with van der Waals surface area (Å²) in [6.45, 7) is 0.838. The molecular formula is C9H9N2. The maximum atomic E-state index is 8.84. The van der Waals surface area contributed by atoms with Crippen LogP contribution in [0.3, 0.4) is 0 Å². The first-order chi connectivity index (χ1) is 5.37. The molecule has 2 heteroatoms. The highest BCUT2D eigenvalue weighted by Gasteiger charge is 2.46. The summed E-state index contributed by atoms with van der Waals surface area (Å²) in [6.07, 6.45) is 9.06. The molecule has 55 valence electrons. The van der Waals surface area contributed by atoms with Crippen molar-refractivity contribution < 1.29 is 0 Å². The standard InChI is InChI=1S/C9H9N2/c10-7-9(3-4-9)8-2-1-5-11-6-8/h1-2,11H,3-5H2. The van der Waals surface area contributed by atoms with Gasteiger partial charge in [0.05, 0.1) is 17.7 Å². The Hall–Kier alpha value is -1.23. The quantitative estimate of drug-likeness (QED) is 0.600. The number of dihydropyridines is 1. The van der Waals surface area contributed by atoms with E-state index in [2.05, 4.69) is 17.6 Å². The average Bonchev–Trinajstić information content (AvgIpc) is 2.86. The second-order valence-corrected chi connectivity index (χ2v) is 3.02. The van der Waals surface area contributed by atoms with Crippen molar-refractivity contribution >= 4 is 0 Å². The minimum atomic E-state index is -0.177. The number of nitrogens with one attached hydrogen (secondary N) is 1. The van der Waals surface area contributed by atoms with Crippen molar-refractivity contribution in [1.82, 2.24) is 5.32 Å². The molecule has 2 nitrogen and oxygen atoms in total. The molecule has 0 bridgehead atoms. The Kier molecular flexibility index (Phi) is 1.25. The SMILES string of the molecule is N#CC1(C2=[C]NCC=C2)CC1. The summed E-state index contributed by atoms with van der Waals surface area (Å²) in [5, 5.41) is 11.8. The van der Waals surface area contributed by atoms with Gasteiger partial charge < -0.3 is 5.32 Å². The molecule has 0 aromatic carbocycles.